The van der Waals surface area contributed by atoms with Crippen molar-refractivity contribution in [3.05, 3.63) is 122 Å². The van der Waals surface area contributed by atoms with E-state index in [0.717, 1.165) is 34.9 Å². The van der Waals surface area contributed by atoms with Gasteiger partial charge in [-0.3, -0.25) is 4.79 Å². The number of halogens is 9. The number of carbonyl (C=O) groups excluding carboxylic acids is 1. The van der Waals surface area contributed by atoms with E-state index in [1.165, 1.54) is 19.2 Å². The van der Waals surface area contributed by atoms with Gasteiger partial charge in [-0.1, -0.05) is 51.1 Å². The zero-order chi connectivity index (χ0) is 41.7. The number of alkyl halides is 3. The van der Waals surface area contributed by atoms with Crippen molar-refractivity contribution in [3.8, 4) is 5.75 Å². The van der Waals surface area contributed by atoms with Gasteiger partial charge in [0.15, 0.2) is 29.6 Å². The number of methoxy groups -OCH3 is 1. The Labute approximate surface area is 325 Å². The predicted octanol–water partition coefficient (Wildman–Crippen LogP) is 8.75. The Morgan fingerprint density at radius 2 is 1.55 bits per heavy atom. The molecule has 0 heterocycles. The van der Waals surface area contributed by atoms with E-state index in [9.17, 15) is 49.8 Å². The van der Waals surface area contributed by atoms with Crippen molar-refractivity contribution in [1.82, 2.24) is 4.31 Å². The van der Waals surface area contributed by atoms with Crippen molar-refractivity contribution < 1.29 is 63.3 Å². The van der Waals surface area contributed by atoms with Gasteiger partial charge >= 0.3 is 6.18 Å². The van der Waals surface area contributed by atoms with Gasteiger partial charge in [0.2, 0.25) is 15.9 Å². The first-order valence-corrected chi connectivity index (χ1v) is 19.1. The van der Waals surface area contributed by atoms with Crippen LogP contribution in [-0.2, 0) is 39.5 Å². The van der Waals surface area contributed by atoms with E-state index in [2.05, 4.69) is 15.9 Å². The van der Waals surface area contributed by atoms with Crippen LogP contribution >= 0.6 is 15.9 Å². The second-order valence-corrected chi connectivity index (χ2v) is 16.9. The highest BCUT2D eigenvalue weighted by Gasteiger charge is 2.41. The quantitative estimate of drug-likeness (QED) is 0.0639. The standard InChI is InChI=1S/C38H35BrF8N2O6S/c1-37(2,3)23-13-19(12-22(14-23)20-8-9-20)16-49(27-11-10-21(36(51)52)15-28(27)55-4)29(50)18-48(17-24-25(38(45,46)47)6-5-7-26(24)40)56(53,54)35-30(39)31(41)32(42)33(43)34(35)44/h5-7,10-15,20,36,51-52H,8-9,16-18H2,1-4H3. The summed E-state index contributed by atoms with van der Waals surface area (Å²) in [6.45, 7) is 2.35. The average molecular weight is 880 g/mol. The molecule has 1 saturated carbocycles. The molecular weight excluding hydrogens is 844 g/mol. The van der Waals surface area contributed by atoms with Gasteiger partial charge in [0.05, 0.1) is 35.9 Å². The molecule has 0 radical (unpaired) electrons. The molecule has 0 unspecified atom stereocenters. The van der Waals surface area contributed by atoms with Gasteiger partial charge < -0.3 is 19.8 Å². The minimum atomic E-state index is -5.87. The number of hydrogen-bond donors (Lipinski definition) is 2. The number of benzene rings is 4. The first kappa shape index (κ1) is 43.0. The molecule has 302 valence electrons. The summed E-state index contributed by atoms with van der Waals surface area (Å²) in [5, 5.41) is 19.6. The highest BCUT2D eigenvalue weighted by atomic mass is 79.9. The third-order valence-corrected chi connectivity index (χ3v) is 12.0. The lowest BCUT2D eigenvalue weighted by molar-refractivity contribution is -0.138. The average Bonchev–Trinajstić information content (AvgIpc) is 3.97. The largest absolute Gasteiger partial charge is 0.495 e. The van der Waals surface area contributed by atoms with Crippen molar-refractivity contribution in [2.75, 3.05) is 18.6 Å². The zero-order valence-corrected chi connectivity index (χ0v) is 32.5. The Morgan fingerprint density at radius 3 is 2.12 bits per heavy atom. The van der Waals surface area contributed by atoms with Crippen LogP contribution in [0.3, 0.4) is 0 Å². The third kappa shape index (κ3) is 8.88. The van der Waals surface area contributed by atoms with Crippen molar-refractivity contribution in [3.63, 3.8) is 0 Å². The molecule has 56 heavy (non-hydrogen) atoms. The van der Waals surface area contributed by atoms with Crippen LogP contribution in [-0.4, -0.2) is 42.5 Å². The molecule has 5 rings (SSSR count). The first-order valence-electron chi connectivity index (χ1n) is 16.8. The van der Waals surface area contributed by atoms with Crippen LogP contribution in [0.1, 0.15) is 79.2 Å². The Hall–Kier alpha value is -4.10. The summed E-state index contributed by atoms with van der Waals surface area (Å²) in [6, 6.07) is 10.9. The lowest BCUT2D eigenvalue weighted by Crippen LogP contribution is -2.43. The van der Waals surface area contributed by atoms with E-state index >= 15 is 8.78 Å². The van der Waals surface area contributed by atoms with Crippen LogP contribution in [0.4, 0.5) is 40.8 Å². The molecule has 0 saturated heterocycles. The molecule has 0 spiro atoms. The molecule has 4 aromatic rings. The molecular formula is C38H35BrF8N2O6S. The molecule has 2 N–H and O–H groups in total. The molecule has 0 atom stereocenters. The molecule has 4 aromatic carbocycles. The number of anilines is 1. The van der Waals surface area contributed by atoms with Crippen molar-refractivity contribution >= 4 is 37.5 Å². The van der Waals surface area contributed by atoms with Crippen LogP contribution in [0.2, 0.25) is 0 Å². The number of nitrogens with zero attached hydrogens (tertiary/aromatic N) is 2. The Balaban J connectivity index is 1.72. The monoisotopic (exact) mass is 878 g/mol. The van der Waals surface area contributed by atoms with Crippen LogP contribution in [0.5, 0.6) is 5.75 Å². The van der Waals surface area contributed by atoms with Crippen molar-refractivity contribution in [1.29, 1.82) is 0 Å². The van der Waals surface area contributed by atoms with Crippen molar-refractivity contribution in [2.45, 2.75) is 75.4 Å². The van der Waals surface area contributed by atoms with E-state index in [-0.39, 0.29) is 33.8 Å². The van der Waals surface area contributed by atoms with Crippen LogP contribution in [0, 0.1) is 29.1 Å². The zero-order valence-electron chi connectivity index (χ0n) is 30.1. The molecule has 0 bridgehead atoms. The van der Waals surface area contributed by atoms with Crippen LogP contribution < -0.4 is 9.64 Å². The van der Waals surface area contributed by atoms with Crippen molar-refractivity contribution in [2.24, 2.45) is 0 Å². The number of rotatable bonds is 12. The lowest BCUT2D eigenvalue weighted by atomic mass is 9.84. The Kier molecular flexibility index (Phi) is 12.3. The van der Waals surface area contributed by atoms with Crippen LogP contribution in [0.15, 0.2) is 64.0 Å². The summed E-state index contributed by atoms with van der Waals surface area (Å²) < 4.78 is 149. The third-order valence-electron chi connectivity index (χ3n) is 9.20. The summed E-state index contributed by atoms with van der Waals surface area (Å²) in [4.78, 5) is 13.6. The summed E-state index contributed by atoms with van der Waals surface area (Å²) in [5.74, 6) is -12.5. The molecule has 8 nitrogen and oxygen atoms in total. The van der Waals surface area contributed by atoms with E-state index in [1.54, 1.807) is 6.07 Å². The van der Waals surface area contributed by atoms with E-state index in [4.69, 9.17) is 4.74 Å². The number of aliphatic hydroxyl groups is 2. The number of hydrogen-bond acceptors (Lipinski definition) is 6. The number of amides is 1. The maximum Gasteiger partial charge on any atom is 0.416 e. The number of ether oxygens (including phenoxy) is 1. The number of carbonyl (C=O) groups is 1. The molecule has 1 fully saturated rings. The minimum absolute atomic E-state index is 0.0899. The number of aliphatic hydroxyl groups excluding tert-OH is 1. The van der Waals surface area contributed by atoms with E-state index in [0.29, 0.717) is 23.8 Å². The van der Waals surface area contributed by atoms with Gasteiger partial charge in [-0.25, -0.2) is 30.4 Å². The van der Waals surface area contributed by atoms with Gasteiger partial charge in [0.25, 0.3) is 0 Å². The summed E-state index contributed by atoms with van der Waals surface area (Å²) in [7, 11) is -4.70. The van der Waals surface area contributed by atoms with Gasteiger partial charge in [-0.2, -0.15) is 17.5 Å². The maximum atomic E-state index is 15.3. The fourth-order valence-corrected chi connectivity index (χ4v) is 8.46. The highest BCUT2D eigenvalue weighted by molar-refractivity contribution is 9.10. The summed E-state index contributed by atoms with van der Waals surface area (Å²) in [5.41, 5.74) is -1.30. The lowest BCUT2D eigenvalue weighted by Gasteiger charge is -2.30. The summed E-state index contributed by atoms with van der Waals surface area (Å²) in [6.07, 6.45) is -5.49. The number of sulfonamides is 1. The first-order chi connectivity index (χ1) is 26.0. The SMILES string of the molecule is COc1cc(C(O)O)ccc1N(Cc1cc(C2CC2)cc(C(C)(C)C)c1)C(=O)CN(Cc1c(F)cccc1C(F)(F)F)S(=O)(=O)c1c(F)c(F)c(F)c(F)c1Br. The maximum absolute atomic E-state index is 15.3. The normalized spacial score (nSPS) is 13.8. The molecule has 18 heteroatoms. The second kappa shape index (κ2) is 16.0. The molecule has 1 aliphatic carbocycles. The van der Waals surface area contributed by atoms with E-state index < -0.39 is 96.5 Å². The molecule has 1 aliphatic rings. The topological polar surface area (TPSA) is 107 Å². The van der Waals surface area contributed by atoms with Crippen LogP contribution in [0.25, 0.3) is 0 Å². The fraction of sp³-hybridized carbons (Fsp3) is 0.342. The fourth-order valence-electron chi connectivity index (χ4n) is 6.03. The highest BCUT2D eigenvalue weighted by Crippen LogP contribution is 2.43. The minimum Gasteiger partial charge on any atom is -0.495 e. The second-order valence-electron chi connectivity index (χ2n) is 14.2. The molecule has 0 aliphatic heterocycles. The van der Waals surface area contributed by atoms with Gasteiger partial charge in [0, 0.05) is 17.7 Å². The summed E-state index contributed by atoms with van der Waals surface area (Å²) >= 11 is 2.39. The molecule has 0 aromatic heterocycles. The smallest absolute Gasteiger partial charge is 0.416 e. The van der Waals surface area contributed by atoms with Gasteiger partial charge in [-0.05, 0) is 81.1 Å². The van der Waals surface area contributed by atoms with Gasteiger partial charge in [0.1, 0.15) is 16.5 Å². The van der Waals surface area contributed by atoms with Gasteiger partial charge in [-0.15, -0.1) is 0 Å². The Bertz CT molecular complexity index is 2250. The Morgan fingerprint density at radius 1 is 0.911 bits per heavy atom. The predicted molar refractivity (Wildman–Crippen MR) is 191 cm³/mol. The molecule has 1 amide bonds. The van der Waals surface area contributed by atoms with E-state index in [1.807, 2.05) is 32.9 Å².